The maximum Gasteiger partial charge on any atom is 0.416 e. The van der Waals surface area contributed by atoms with Gasteiger partial charge in [0.25, 0.3) is 0 Å². The summed E-state index contributed by atoms with van der Waals surface area (Å²) in [4.78, 5) is 10.7. The molecule has 1 N–H and O–H groups in total. The highest BCUT2D eigenvalue weighted by Crippen LogP contribution is 2.31. The Balaban J connectivity index is 1.30. The molecule has 0 bridgehead atoms. The molecule has 3 aromatic rings. The summed E-state index contributed by atoms with van der Waals surface area (Å²) in [6.45, 7) is 1.93. The number of anilines is 1. The van der Waals surface area contributed by atoms with Crippen molar-refractivity contribution in [2.24, 2.45) is 0 Å². The highest BCUT2D eigenvalue weighted by atomic mass is 19.4. The number of nitrogens with zero attached hydrogens (tertiary/aromatic N) is 4. The van der Waals surface area contributed by atoms with Crippen molar-refractivity contribution in [3.05, 3.63) is 65.7 Å². The zero-order chi connectivity index (χ0) is 20.3. The fraction of sp³-hybridized carbons (Fsp3) is 0.350. The van der Waals surface area contributed by atoms with E-state index in [-0.39, 0.29) is 18.3 Å². The van der Waals surface area contributed by atoms with E-state index in [0.717, 1.165) is 49.0 Å². The number of hydrogen-bond donors (Lipinski definition) is 1. The third-order valence-electron chi connectivity index (χ3n) is 4.89. The molecule has 1 atom stereocenters. The van der Waals surface area contributed by atoms with E-state index >= 15 is 0 Å². The number of aromatic amines is 1. The lowest BCUT2D eigenvalue weighted by Gasteiger charge is -2.14. The van der Waals surface area contributed by atoms with E-state index in [2.05, 4.69) is 25.1 Å². The number of halogens is 3. The van der Waals surface area contributed by atoms with E-state index in [1.165, 1.54) is 12.1 Å². The first kappa shape index (κ1) is 19.2. The first-order chi connectivity index (χ1) is 14.0. The molecule has 9 heteroatoms. The van der Waals surface area contributed by atoms with Gasteiger partial charge in [0.05, 0.1) is 17.9 Å². The molecular formula is C20H20F3N5O. The molecule has 1 aliphatic rings. The zero-order valence-corrected chi connectivity index (χ0v) is 15.6. The van der Waals surface area contributed by atoms with Crippen LogP contribution in [0.1, 0.15) is 29.3 Å². The predicted molar refractivity (Wildman–Crippen MR) is 101 cm³/mol. The molecule has 0 unspecified atom stereocenters. The van der Waals surface area contributed by atoms with E-state index in [1.807, 2.05) is 6.07 Å². The molecule has 152 valence electrons. The Morgan fingerprint density at radius 3 is 2.76 bits per heavy atom. The van der Waals surface area contributed by atoms with Gasteiger partial charge in [-0.2, -0.15) is 18.3 Å². The lowest BCUT2D eigenvalue weighted by molar-refractivity contribution is -0.137. The molecule has 0 saturated carbocycles. The van der Waals surface area contributed by atoms with E-state index in [9.17, 15) is 13.2 Å². The van der Waals surface area contributed by atoms with Gasteiger partial charge in [0.15, 0.2) is 0 Å². The SMILES string of the molecule is FC(F)(F)c1cccc(OCCc2cc([C@@H]3CCN(c4ncccn4)C3)n[nH]2)c1. The van der Waals surface area contributed by atoms with Crippen molar-refractivity contribution < 1.29 is 17.9 Å². The number of alkyl halides is 3. The Kier molecular flexibility index (Phi) is 5.37. The summed E-state index contributed by atoms with van der Waals surface area (Å²) in [7, 11) is 0. The van der Waals surface area contributed by atoms with Crippen LogP contribution < -0.4 is 9.64 Å². The molecule has 0 amide bonds. The number of hydrogen-bond acceptors (Lipinski definition) is 5. The van der Waals surface area contributed by atoms with Gasteiger partial charge >= 0.3 is 6.18 Å². The van der Waals surface area contributed by atoms with Gasteiger partial charge in [-0.05, 0) is 36.8 Å². The number of rotatable bonds is 6. The first-order valence-corrected chi connectivity index (χ1v) is 9.35. The molecule has 3 heterocycles. The fourth-order valence-electron chi connectivity index (χ4n) is 3.40. The number of H-pyrrole nitrogens is 1. The summed E-state index contributed by atoms with van der Waals surface area (Å²) < 4.78 is 43.8. The second-order valence-corrected chi connectivity index (χ2v) is 6.92. The number of nitrogens with one attached hydrogen (secondary N) is 1. The van der Waals surface area contributed by atoms with Gasteiger partial charge in [-0.25, -0.2) is 9.97 Å². The number of aromatic nitrogens is 4. The predicted octanol–water partition coefficient (Wildman–Crippen LogP) is 3.83. The van der Waals surface area contributed by atoms with E-state index in [0.29, 0.717) is 6.42 Å². The maximum atomic E-state index is 12.8. The van der Waals surface area contributed by atoms with Gasteiger partial charge < -0.3 is 9.64 Å². The Morgan fingerprint density at radius 2 is 1.97 bits per heavy atom. The van der Waals surface area contributed by atoms with Crippen molar-refractivity contribution in [2.45, 2.75) is 24.9 Å². The standard InChI is InChI=1S/C20H20F3N5O/c21-20(22,23)15-3-1-4-17(11-15)29-10-6-16-12-18(27-26-16)14-5-9-28(13-14)19-24-7-2-8-25-19/h1-4,7-8,11-12,14H,5-6,9-10,13H2,(H,26,27)/t14-/m1/s1. The van der Waals surface area contributed by atoms with Crippen LogP contribution in [0.25, 0.3) is 0 Å². The molecule has 4 rings (SSSR count). The molecule has 1 fully saturated rings. The average molecular weight is 403 g/mol. The van der Waals surface area contributed by atoms with Crippen LogP contribution in [-0.2, 0) is 12.6 Å². The lowest BCUT2D eigenvalue weighted by Crippen LogP contribution is -2.21. The Labute approximate surface area is 165 Å². The molecule has 29 heavy (non-hydrogen) atoms. The Bertz CT molecular complexity index is 945. The van der Waals surface area contributed by atoms with E-state index in [1.54, 1.807) is 18.5 Å². The van der Waals surface area contributed by atoms with Crippen molar-refractivity contribution in [1.82, 2.24) is 20.2 Å². The monoisotopic (exact) mass is 403 g/mol. The lowest BCUT2D eigenvalue weighted by atomic mass is 10.0. The molecule has 6 nitrogen and oxygen atoms in total. The van der Waals surface area contributed by atoms with Crippen LogP contribution in [0.2, 0.25) is 0 Å². The minimum atomic E-state index is -4.38. The number of benzene rings is 1. The minimum Gasteiger partial charge on any atom is -0.493 e. The zero-order valence-electron chi connectivity index (χ0n) is 15.6. The molecule has 2 aromatic heterocycles. The molecule has 1 aromatic carbocycles. The van der Waals surface area contributed by atoms with Crippen LogP contribution in [0.4, 0.5) is 19.1 Å². The largest absolute Gasteiger partial charge is 0.493 e. The molecule has 1 saturated heterocycles. The molecule has 1 aliphatic heterocycles. The van der Waals surface area contributed by atoms with E-state index < -0.39 is 11.7 Å². The number of ether oxygens (including phenoxy) is 1. The van der Waals surface area contributed by atoms with Crippen molar-refractivity contribution in [3.8, 4) is 5.75 Å². The molecule has 0 aliphatic carbocycles. The van der Waals surface area contributed by atoms with Crippen molar-refractivity contribution in [3.63, 3.8) is 0 Å². The van der Waals surface area contributed by atoms with Crippen LogP contribution >= 0.6 is 0 Å². The van der Waals surface area contributed by atoms with Gasteiger partial charge in [-0.3, -0.25) is 5.10 Å². The van der Waals surface area contributed by atoms with Crippen LogP contribution in [0.3, 0.4) is 0 Å². The van der Waals surface area contributed by atoms with Gasteiger partial charge in [-0.1, -0.05) is 6.07 Å². The summed E-state index contributed by atoms with van der Waals surface area (Å²) in [6.07, 6.45) is 0.571. The van der Waals surface area contributed by atoms with Crippen LogP contribution in [-0.4, -0.2) is 39.9 Å². The van der Waals surface area contributed by atoms with Crippen LogP contribution in [0.15, 0.2) is 48.8 Å². The van der Waals surface area contributed by atoms with Gasteiger partial charge in [-0.15, -0.1) is 0 Å². The third kappa shape index (κ3) is 4.67. The minimum absolute atomic E-state index is 0.203. The van der Waals surface area contributed by atoms with Crippen molar-refractivity contribution in [2.75, 3.05) is 24.6 Å². The Morgan fingerprint density at radius 1 is 1.14 bits per heavy atom. The highest BCUT2D eigenvalue weighted by molar-refractivity contribution is 5.33. The Hall–Kier alpha value is -3.10. The topological polar surface area (TPSA) is 66.9 Å². The van der Waals surface area contributed by atoms with Crippen molar-refractivity contribution in [1.29, 1.82) is 0 Å². The first-order valence-electron chi connectivity index (χ1n) is 9.35. The smallest absolute Gasteiger partial charge is 0.416 e. The van der Waals surface area contributed by atoms with E-state index in [4.69, 9.17) is 4.74 Å². The molecule has 0 radical (unpaired) electrons. The highest BCUT2D eigenvalue weighted by Gasteiger charge is 2.30. The summed E-state index contributed by atoms with van der Waals surface area (Å²) in [5, 5.41) is 7.40. The fourth-order valence-corrected chi connectivity index (χ4v) is 3.40. The second kappa shape index (κ2) is 8.10. The summed E-state index contributed by atoms with van der Waals surface area (Å²) in [6, 6.07) is 8.69. The molecular weight excluding hydrogens is 383 g/mol. The van der Waals surface area contributed by atoms with Crippen molar-refractivity contribution >= 4 is 5.95 Å². The maximum absolute atomic E-state index is 12.8. The van der Waals surface area contributed by atoms with Gasteiger partial charge in [0.1, 0.15) is 5.75 Å². The quantitative estimate of drug-likeness (QED) is 0.678. The van der Waals surface area contributed by atoms with Gasteiger partial charge in [0.2, 0.25) is 5.95 Å². The summed E-state index contributed by atoms with van der Waals surface area (Å²) >= 11 is 0. The summed E-state index contributed by atoms with van der Waals surface area (Å²) in [5.74, 6) is 1.21. The van der Waals surface area contributed by atoms with Gasteiger partial charge in [0, 0.05) is 43.5 Å². The van der Waals surface area contributed by atoms with Crippen LogP contribution in [0.5, 0.6) is 5.75 Å². The molecule has 0 spiro atoms. The van der Waals surface area contributed by atoms with Crippen LogP contribution in [0, 0.1) is 0 Å². The third-order valence-corrected chi connectivity index (χ3v) is 4.89. The normalized spacial score (nSPS) is 16.9. The average Bonchev–Trinajstić information content (AvgIpc) is 3.38. The summed E-state index contributed by atoms with van der Waals surface area (Å²) in [5.41, 5.74) is 1.14. The second-order valence-electron chi connectivity index (χ2n) is 6.92.